The summed E-state index contributed by atoms with van der Waals surface area (Å²) in [5, 5.41) is 3.50. The first-order valence-corrected chi connectivity index (χ1v) is 5.78. The van der Waals surface area contributed by atoms with Crippen molar-refractivity contribution in [3.63, 3.8) is 0 Å². The van der Waals surface area contributed by atoms with Crippen LogP contribution in [0, 0.1) is 0 Å². The number of hydrogen-bond acceptors (Lipinski definition) is 3. The van der Waals surface area contributed by atoms with Crippen LogP contribution in [-0.4, -0.2) is 26.8 Å². The maximum Gasteiger partial charge on any atom is 0.160 e. The molecular weight excluding hydrogens is 202 g/mol. The van der Waals surface area contributed by atoms with Crippen LogP contribution in [-0.2, 0) is 6.42 Å². The standard InChI is InChI=1S/C13H19NO2/c1-15-12-6-5-10(9-13(12)16-2)8-11-4-3-7-14-11/h5-6,9,11,14H,3-4,7-8H2,1-2H3/t11-/m1/s1. The predicted octanol–water partition coefficient (Wildman–Crippen LogP) is 2.00. The molecule has 1 fully saturated rings. The molecule has 16 heavy (non-hydrogen) atoms. The second-order valence-electron chi connectivity index (χ2n) is 4.19. The van der Waals surface area contributed by atoms with Crippen molar-refractivity contribution >= 4 is 0 Å². The molecule has 0 radical (unpaired) electrons. The largest absolute Gasteiger partial charge is 0.493 e. The third-order valence-corrected chi connectivity index (χ3v) is 3.09. The Bertz CT molecular complexity index is 346. The van der Waals surface area contributed by atoms with E-state index >= 15 is 0 Å². The summed E-state index contributed by atoms with van der Waals surface area (Å²) >= 11 is 0. The summed E-state index contributed by atoms with van der Waals surface area (Å²) in [6, 6.07) is 6.78. The highest BCUT2D eigenvalue weighted by Crippen LogP contribution is 2.28. The summed E-state index contributed by atoms with van der Waals surface area (Å²) in [6.07, 6.45) is 3.63. The molecule has 3 nitrogen and oxygen atoms in total. The maximum absolute atomic E-state index is 5.30. The van der Waals surface area contributed by atoms with Gasteiger partial charge in [0.2, 0.25) is 0 Å². The highest BCUT2D eigenvalue weighted by atomic mass is 16.5. The monoisotopic (exact) mass is 221 g/mol. The smallest absolute Gasteiger partial charge is 0.160 e. The van der Waals surface area contributed by atoms with Gasteiger partial charge in [-0.1, -0.05) is 6.07 Å². The minimum Gasteiger partial charge on any atom is -0.493 e. The lowest BCUT2D eigenvalue weighted by Gasteiger charge is -2.13. The Hall–Kier alpha value is -1.22. The van der Waals surface area contributed by atoms with Gasteiger partial charge in [-0.3, -0.25) is 0 Å². The number of benzene rings is 1. The fourth-order valence-corrected chi connectivity index (χ4v) is 2.22. The van der Waals surface area contributed by atoms with E-state index in [-0.39, 0.29) is 0 Å². The Morgan fingerprint density at radius 2 is 2.06 bits per heavy atom. The molecule has 1 atom stereocenters. The van der Waals surface area contributed by atoms with Crippen LogP contribution >= 0.6 is 0 Å². The van der Waals surface area contributed by atoms with Gasteiger partial charge in [-0.15, -0.1) is 0 Å². The molecule has 1 heterocycles. The average molecular weight is 221 g/mol. The Kier molecular flexibility index (Phi) is 3.67. The zero-order valence-corrected chi connectivity index (χ0v) is 9.95. The Labute approximate surface area is 96.8 Å². The minimum atomic E-state index is 0.623. The second-order valence-corrected chi connectivity index (χ2v) is 4.19. The number of methoxy groups -OCH3 is 2. The summed E-state index contributed by atoms with van der Waals surface area (Å²) in [5.74, 6) is 1.61. The first kappa shape index (κ1) is 11.3. The van der Waals surface area contributed by atoms with Crippen LogP contribution in [0.4, 0.5) is 0 Å². The predicted molar refractivity (Wildman–Crippen MR) is 64.3 cm³/mol. The van der Waals surface area contributed by atoms with Crippen molar-refractivity contribution in [1.29, 1.82) is 0 Å². The van der Waals surface area contributed by atoms with Crippen LogP contribution in [0.5, 0.6) is 11.5 Å². The number of ether oxygens (including phenoxy) is 2. The number of hydrogen-bond donors (Lipinski definition) is 1. The number of rotatable bonds is 4. The van der Waals surface area contributed by atoms with Crippen LogP contribution < -0.4 is 14.8 Å². The maximum atomic E-state index is 5.30. The van der Waals surface area contributed by atoms with Gasteiger partial charge in [0.15, 0.2) is 11.5 Å². The van der Waals surface area contributed by atoms with Crippen LogP contribution in [0.3, 0.4) is 0 Å². The van der Waals surface area contributed by atoms with E-state index in [2.05, 4.69) is 17.4 Å². The minimum absolute atomic E-state index is 0.623. The van der Waals surface area contributed by atoms with E-state index in [0.29, 0.717) is 6.04 Å². The first-order valence-electron chi connectivity index (χ1n) is 5.78. The highest BCUT2D eigenvalue weighted by Gasteiger charge is 2.15. The Morgan fingerprint density at radius 3 is 2.69 bits per heavy atom. The molecule has 0 unspecified atom stereocenters. The van der Waals surface area contributed by atoms with Gasteiger partial charge in [0, 0.05) is 6.04 Å². The summed E-state index contributed by atoms with van der Waals surface area (Å²) in [5.41, 5.74) is 1.30. The third-order valence-electron chi connectivity index (χ3n) is 3.09. The molecule has 0 amide bonds. The third kappa shape index (κ3) is 2.47. The van der Waals surface area contributed by atoms with Crippen molar-refractivity contribution in [3.05, 3.63) is 23.8 Å². The molecule has 1 aromatic rings. The van der Waals surface area contributed by atoms with E-state index in [4.69, 9.17) is 9.47 Å². The fraction of sp³-hybridized carbons (Fsp3) is 0.538. The van der Waals surface area contributed by atoms with E-state index in [1.165, 1.54) is 18.4 Å². The molecule has 1 aliphatic heterocycles. The van der Waals surface area contributed by atoms with Crippen molar-refractivity contribution in [2.75, 3.05) is 20.8 Å². The van der Waals surface area contributed by atoms with Crippen molar-refractivity contribution in [2.45, 2.75) is 25.3 Å². The van der Waals surface area contributed by atoms with Gasteiger partial charge in [0.05, 0.1) is 14.2 Å². The summed E-state index contributed by atoms with van der Waals surface area (Å²) in [7, 11) is 3.34. The lowest BCUT2D eigenvalue weighted by Crippen LogP contribution is -2.23. The van der Waals surface area contributed by atoms with Crippen molar-refractivity contribution < 1.29 is 9.47 Å². The van der Waals surface area contributed by atoms with E-state index in [1.54, 1.807) is 14.2 Å². The molecule has 0 aromatic heterocycles. The van der Waals surface area contributed by atoms with E-state index in [9.17, 15) is 0 Å². The van der Waals surface area contributed by atoms with Gasteiger partial charge in [-0.2, -0.15) is 0 Å². The SMILES string of the molecule is COc1ccc(C[C@H]2CCCN2)cc1OC. The van der Waals surface area contributed by atoms with E-state index < -0.39 is 0 Å². The lowest BCUT2D eigenvalue weighted by molar-refractivity contribution is 0.354. The highest BCUT2D eigenvalue weighted by molar-refractivity contribution is 5.43. The molecule has 2 rings (SSSR count). The van der Waals surface area contributed by atoms with Crippen LogP contribution in [0.1, 0.15) is 18.4 Å². The lowest BCUT2D eigenvalue weighted by atomic mass is 10.0. The molecule has 1 N–H and O–H groups in total. The molecule has 1 aliphatic rings. The zero-order valence-electron chi connectivity index (χ0n) is 9.95. The molecule has 0 bridgehead atoms. The molecule has 1 aromatic carbocycles. The first-order chi connectivity index (χ1) is 7.83. The molecule has 0 spiro atoms. The molecule has 3 heteroatoms. The molecule has 0 aliphatic carbocycles. The van der Waals surface area contributed by atoms with Gasteiger partial charge >= 0.3 is 0 Å². The molecule has 1 saturated heterocycles. The zero-order chi connectivity index (χ0) is 11.4. The van der Waals surface area contributed by atoms with Crippen LogP contribution in [0.2, 0.25) is 0 Å². The van der Waals surface area contributed by atoms with Gasteiger partial charge in [0.25, 0.3) is 0 Å². The normalized spacial score (nSPS) is 19.8. The Balaban J connectivity index is 2.09. The summed E-state index contributed by atoms with van der Waals surface area (Å²) < 4.78 is 10.5. The van der Waals surface area contributed by atoms with Gasteiger partial charge in [-0.25, -0.2) is 0 Å². The second kappa shape index (κ2) is 5.21. The fourth-order valence-electron chi connectivity index (χ4n) is 2.22. The van der Waals surface area contributed by atoms with Crippen LogP contribution in [0.15, 0.2) is 18.2 Å². The van der Waals surface area contributed by atoms with Gasteiger partial charge in [-0.05, 0) is 43.5 Å². The molecular formula is C13H19NO2. The summed E-state index contributed by atoms with van der Waals surface area (Å²) in [4.78, 5) is 0. The van der Waals surface area contributed by atoms with Crippen molar-refractivity contribution in [2.24, 2.45) is 0 Å². The van der Waals surface area contributed by atoms with Crippen molar-refractivity contribution in [1.82, 2.24) is 5.32 Å². The topological polar surface area (TPSA) is 30.5 Å². The van der Waals surface area contributed by atoms with Gasteiger partial charge in [0.1, 0.15) is 0 Å². The quantitative estimate of drug-likeness (QED) is 0.843. The average Bonchev–Trinajstić information content (AvgIpc) is 2.81. The van der Waals surface area contributed by atoms with E-state index in [1.807, 2.05) is 6.07 Å². The van der Waals surface area contributed by atoms with Crippen LogP contribution in [0.25, 0.3) is 0 Å². The Morgan fingerprint density at radius 1 is 1.25 bits per heavy atom. The van der Waals surface area contributed by atoms with E-state index in [0.717, 1.165) is 24.5 Å². The molecule has 88 valence electrons. The number of nitrogens with one attached hydrogen (secondary N) is 1. The molecule has 0 saturated carbocycles. The van der Waals surface area contributed by atoms with Gasteiger partial charge < -0.3 is 14.8 Å². The summed E-state index contributed by atoms with van der Waals surface area (Å²) in [6.45, 7) is 1.15. The van der Waals surface area contributed by atoms with Crippen molar-refractivity contribution in [3.8, 4) is 11.5 Å².